The monoisotopic (exact) mass is 388 g/mol. The third-order valence-electron chi connectivity index (χ3n) is 6.05. The summed E-state index contributed by atoms with van der Waals surface area (Å²) in [6.07, 6.45) is 9.46. The van der Waals surface area contributed by atoms with E-state index in [0.29, 0.717) is 36.3 Å². The van der Waals surface area contributed by atoms with Crippen LogP contribution in [0.1, 0.15) is 69.2 Å². The molecule has 0 radical (unpaired) electrons. The predicted octanol–water partition coefficient (Wildman–Crippen LogP) is 2.38. The first-order valence-corrected chi connectivity index (χ1v) is 10.4. The summed E-state index contributed by atoms with van der Waals surface area (Å²) in [6.45, 7) is 5.17. The van der Waals surface area contributed by atoms with Crippen LogP contribution in [0.25, 0.3) is 0 Å². The maximum absolute atomic E-state index is 11.8. The molecule has 1 aliphatic heterocycles. The van der Waals surface area contributed by atoms with Crippen LogP contribution < -0.4 is 16.4 Å². The Bertz CT molecular complexity index is 696. The first-order chi connectivity index (χ1) is 13.4. The Morgan fingerprint density at radius 2 is 1.86 bits per heavy atom. The highest BCUT2D eigenvalue weighted by atomic mass is 16.2. The molecule has 28 heavy (non-hydrogen) atoms. The zero-order chi connectivity index (χ0) is 20.1. The molecule has 0 aromatic carbocycles. The van der Waals surface area contributed by atoms with Crippen molar-refractivity contribution < 1.29 is 9.59 Å². The van der Waals surface area contributed by atoms with Gasteiger partial charge in [-0.15, -0.1) is 0 Å². The van der Waals surface area contributed by atoms with Gasteiger partial charge in [0.15, 0.2) is 0 Å². The quantitative estimate of drug-likeness (QED) is 0.689. The number of nitrogens with zero attached hydrogens (tertiary/aromatic N) is 3. The number of rotatable bonds is 6. The molecule has 1 saturated heterocycles. The molecule has 1 aromatic rings. The van der Waals surface area contributed by atoms with Gasteiger partial charge < -0.3 is 21.3 Å². The summed E-state index contributed by atoms with van der Waals surface area (Å²) >= 11 is 0. The number of amides is 2. The average molecular weight is 389 g/mol. The Hall–Kier alpha value is -2.38. The van der Waals surface area contributed by atoms with E-state index in [2.05, 4.69) is 27.5 Å². The zero-order valence-electron chi connectivity index (χ0n) is 16.9. The number of anilines is 2. The van der Waals surface area contributed by atoms with E-state index in [4.69, 9.17) is 5.73 Å². The molecule has 8 heteroatoms. The smallest absolute Gasteiger partial charge is 0.254 e. The van der Waals surface area contributed by atoms with Crippen molar-refractivity contribution in [3.8, 4) is 0 Å². The van der Waals surface area contributed by atoms with Crippen LogP contribution in [0.5, 0.6) is 0 Å². The molecule has 8 nitrogen and oxygen atoms in total. The number of primary amides is 1. The van der Waals surface area contributed by atoms with E-state index in [9.17, 15) is 9.59 Å². The summed E-state index contributed by atoms with van der Waals surface area (Å²) in [7, 11) is 0. The molecule has 2 amide bonds. The SMILES string of the molecule is CC(=O)N1CCC(Nc2nc(NC(C)C3CCCCC3)ncc2C(N)=O)CC1. The van der Waals surface area contributed by atoms with Crippen LogP contribution in [0, 0.1) is 5.92 Å². The number of nitrogens with two attached hydrogens (primary N) is 1. The highest BCUT2D eigenvalue weighted by Crippen LogP contribution is 2.28. The molecule has 2 aliphatic rings. The van der Waals surface area contributed by atoms with Gasteiger partial charge in [0, 0.05) is 38.3 Å². The van der Waals surface area contributed by atoms with E-state index in [-0.39, 0.29) is 18.0 Å². The molecule has 154 valence electrons. The van der Waals surface area contributed by atoms with Crippen LogP contribution in [0.15, 0.2) is 6.20 Å². The lowest BCUT2D eigenvalue weighted by Gasteiger charge is -2.32. The third kappa shape index (κ3) is 5.11. The first kappa shape index (κ1) is 20.4. The van der Waals surface area contributed by atoms with Crippen molar-refractivity contribution in [2.24, 2.45) is 11.7 Å². The van der Waals surface area contributed by atoms with E-state index in [1.807, 2.05) is 4.90 Å². The minimum absolute atomic E-state index is 0.0986. The van der Waals surface area contributed by atoms with Crippen molar-refractivity contribution in [2.75, 3.05) is 23.7 Å². The molecule has 2 heterocycles. The van der Waals surface area contributed by atoms with Gasteiger partial charge in [-0.05, 0) is 38.5 Å². The van der Waals surface area contributed by atoms with E-state index in [1.54, 1.807) is 6.92 Å². The van der Waals surface area contributed by atoms with Gasteiger partial charge in [-0.1, -0.05) is 19.3 Å². The highest BCUT2D eigenvalue weighted by molar-refractivity contribution is 5.97. The summed E-state index contributed by atoms with van der Waals surface area (Å²) in [6, 6.07) is 0.429. The number of hydrogen-bond acceptors (Lipinski definition) is 6. The number of hydrogen-bond donors (Lipinski definition) is 3. The van der Waals surface area contributed by atoms with Crippen molar-refractivity contribution in [3.63, 3.8) is 0 Å². The van der Waals surface area contributed by atoms with Crippen molar-refractivity contribution in [3.05, 3.63) is 11.8 Å². The number of aromatic nitrogens is 2. The fourth-order valence-corrected chi connectivity index (χ4v) is 4.23. The van der Waals surface area contributed by atoms with Crippen LogP contribution in [-0.4, -0.2) is 51.9 Å². The molecule has 1 atom stereocenters. The number of piperidine rings is 1. The second kappa shape index (κ2) is 9.21. The van der Waals surface area contributed by atoms with Crippen molar-refractivity contribution in [1.29, 1.82) is 0 Å². The Morgan fingerprint density at radius 1 is 1.18 bits per heavy atom. The topological polar surface area (TPSA) is 113 Å². The van der Waals surface area contributed by atoms with Crippen LogP contribution in [0.3, 0.4) is 0 Å². The fraction of sp³-hybridized carbons (Fsp3) is 0.700. The average Bonchev–Trinajstić information content (AvgIpc) is 2.69. The summed E-state index contributed by atoms with van der Waals surface area (Å²) in [5.74, 6) is 1.17. The molecule has 1 aromatic heterocycles. The van der Waals surface area contributed by atoms with Gasteiger partial charge in [0.1, 0.15) is 5.82 Å². The Labute approximate surface area is 166 Å². The number of carbonyl (C=O) groups excluding carboxylic acids is 2. The number of likely N-dealkylation sites (tertiary alicyclic amines) is 1. The number of carbonyl (C=O) groups is 2. The van der Waals surface area contributed by atoms with Gasteiger partial charge >= 0.3 is 0 Å². The molecular weight excluding hydrogens is 356 g/mol. The molecule has 0 spiro atoms. The van der Waals surface area contributed by atoms with Gasteiger partial charge in [-0.3, -0.25) is 9.59 Å². The summed E-state index contributed by atoms with van der Waals surface area (Å²) in [4.78, 5) is 34.0. The molecule has 0 bridgehead atoms. The highest BCUT2D eigenvalue weighted by Gasteiger charge is 2.24. The summed E-state index contributed by atoms with van der Waals surface area (Å²) in [5.41, 5.74) is 5.81. The molecule has 1 saturated carbocycles. The molecule has 3 rings (SSSR count). The summed E-state index contributed by atoms with van der Waals surface area (Å²) < 4.78 is 0. The maximum atomic E-state index is 11.8. The molecule has 2 fully saturated rings. The van der Waals surface area contributed by atoms with Gasteiger partial charge in [0.05, 0.1) is 5.56 Å². The maximum Gasteiger partial charge on any atom is 0.254 e. The molecular formula is C20H32N6O2. The predicted molar refractivity (Wildman–Crippen MR) is 109 cm³/mol. The zero-order valence-corrected chi connectivity index (χ0v) is 16.9. The van der Waals surface area contributed by atoms with Gasteiger partial charge in [0.25, 0.3) is 5.91 Å². The summed E-state index contributed by atoms with van der Waals surface area (Å²) in [5, 5.41) is 6.76. The number of nitrogens with one attached hydrogen (secondary N) is 2. The van der Waals surface area contributed by atoms with E-state index in [0.717, 1.165) is 12.8 Å². The van der Waals surface area contributed by atoms with Crippen molar-refractivity contribution >= 4 is 23.6 Å². The second-order valence-electron chi connectivity index (χ2n) is 8.08. The van der Waals surface area contributed by atoms with Crippen molar-refractivity contribution in [1.82, 2.24) is 14.9 Å². The third-order valence-corrected chi connectivity index (χ3v) is 6.05. The van der Waals surface area contributed by atoms with Crippen LogP contribution in [0.2, 0.25) is 0 Å². The molecule has 1 aliphatic carbocycles. The van der Waals surface area contributed by atoms with E-state index in [1.165, 1.54) is 38.3 Å². The lowest BCUT2D eigenvalue weighted by atomic mass is 9.85. The van der Waals surface area contributed by atoms with Gasteiger partial charge in [-0.2, -0.15) is 4.98 Å². The molecule has 1 unspecified atom stereocenters. The van der Waals surface area contributed by atoms with E-state index >= 15 is 0 Å². The standard InChI is InChI=1S/C20H32N6O2/c1-13(15-6-4-3-5-7-15)23-20-22-12-17(18(21)28)19(25-20)24-16-8-10-26(11-9-16)14(2)27/h12-13,15-16H,3-11H2,1-2H3,(H2,21,28)(H2,22,23,24,25). The van der Waals surface area contributed by atoms with Crippen LogP contribution >= 0.6 is 0 Å². The van der Waals surface area contributed by atoms with Gasteiger partial charge in [-0.25, -0.2) is 4.98 Å². The van der Waals surface area contributed by atoms with Crippen molar-refractivity contribution in [2.45, 2.75) is 70.9 Å². The largest absolute Gasteiger partial charge is 0.366 e. The lowest BCUT2D eigenvalue weighted by Crippen LogP contribution is -2.41. The molecule has 4 N–H and O–H groups in total. The Morgan fingerprint density at radius 3 is 2.46 bits per heavy atom. The normalized spacial score (nSPS) is 19.9. The van der Waals surface area contributed by atoms with Crippen LogP contribution in [0.4, 0.5) is 11.8 Å². The van der Waals surface area contributed by atoms with E-state index < -0.39 is 5.91 Å². The minimum Gasteiger partial charge on any atom is -0.366 e. The van der Waals surface area contributed by atoms with Crippen LogP contribution in [-0.2, 0) is 4.79 Å². The Kier molecular flexibility index (Phi) is 6.70. The fourth-order valence-electron chi connectivity index (χ4n) is 4.23. The lowest BCUT2D eigenvalue weighted by molar-refractivity contribution is -0.129. The van der Waals surface area contributed by atoms with Gasteiger partial charge in [0.2, 0.25) is 11.9 Å². The Balaban J connectivity index is 1.67. The second-order valence-corrected chi connectivity index (χ2v) is 8.08. The minimum atomic E-state index is -0.546. The first-order valence-electron chi connectivity index (χ1n) is 10.4.